The number of hydrogen-bond acceptors (Lipinski definition) is 1. The SMILES string of the molecule is CCCCCCCCCCCCCCCC[C@H](N)CCCC. The normalized spacial score (nSPS) is 12.7. The van der Waals surface area contributed by atoms with Gasteiger partial charge in [-0.1, -0.05) is 117 Å². The second-order valence-electron chi connectivity index (χ2n) is 7.29. The van der Waals surface area contributed by atoms with E-state index in [0.717, 1.165) is 0 Å². The molecule has 0 aromatic heterocycles. The molecule has 1 nitrogen and oxygen atoms in total. The van der Waals surface area contributed by atoms with Crippen molar-refractivity contribution in [3.8, 4) is 0 Å². The minimum atomic E-state index is 0.470. The van der Waals surface area contributed by atoms with Gasteiger partial charge < -0.3 is 5.73 Å². The summed E-state index contributed by atoms with van der Waals surface area (Å²) in [7, 11) is 0. The molecule has 0 aromatic rings. The first kappa shape index (κ1) is 22.0. The molecule has 0 aromatic carbocycles. The van der Waals surface area contributed by atoms with Gasteiger partial charge in [0.1, 0.15) is 0 Å². The molecule has 134 valence electrons. The topological polar surface area (TPSA) is 26.0 Å². The highest BCUT2D eigenvalue weighted by atomic mass is 14.6. The molecule has 1 heteroatoms. The van der Waals surface area contributed by atoms with Gasteiger partial charge in [0.25, 0.3) is 0 Å². The second-order valence-corrected chi connectivity index (χ2v) is 7.29. The van der Waals surface area contributed by atoms with Crippen LogP contribution in [0, 0.1) is 0 Å². The average molecular weight is 312 g/mol. The van der Waals surface area contributed by atoms with Crippen LogP contribution in [-0.4, -0.2) is 6.04 Å². The van der Waals surface area contributed by atoms with Crippen LogP contribution in [0.15, 0.2) is 0 Å². The Balaban J connectivity index is 3.02. The highest BCUT2D eigenvalue weighted by molar-refractivity contribution is 4.61. The van der Waals surface area contributed by atoms with Crippen molar-refractivity contribution in [3.05, 3.63) is 0 Å². The molecule has 0 saturated carbocycles. The Hall–Kier alpha value is -0.0400. The molecule has 0 aliphatic rings. The van der Waals surface area contributed by atoms with Crippen LogP contribution in [0.1, 0.15) is 129 Å². The summed E-state index contributed by atoms with van der Waals surface area (Å²) in [6.45, 7) is 4.54. The van der Waals surface area contributed by atoms with Crippen LogP contribution in [0.3, 0.4) is 0 Å². The van der Waals surface area contributed by atoms with E-state index in [9.17, 15) is 0 Å². The maximum Gasteiger partial charge on any atom is 0.00388 e. The largest absolute Gasteiger partial charge is 0.328 e. The summed E-state index contributed by atoms with van der Waals surface area (Å²) in [6, 6.07) is 0.470. The Bertz CT molecular complexity index is 190. The fraction of sp³-hybridized carbons (Fsp3) is 1.00. The quantitative estimate of drug-likeness (QED) is 0.263. The van der Waals surface area contributed by atoms with Crippen molar-refractivity contribution in [2.75, 3.05) is 0 Å². The molecular weight excluding hydrogens is 266 g/mol. The van der Waals surface area contributed by atoms with Crippen LogP contribution >= 0.6 is 0 Å². The van der Waals surface area contributed by atoms with E-state index in [1.165, 1.54) is 116 Å². The van der Waals surface area contributed by atoms with E-state index in [4.69, 9.17) is 5.73 Å². The standard InChI is InChI=1S/C21H45N/c1-3-5-7-8-9-10-11-12-13-14-15-16-17-18-20-21(22)19-6-4-2/h21H,3-20,22H2,1-2H3/t21-/m1/s1. The lowest BCUT2D eigenvalue weighted by Crippen LogP contribution is -2.19. The van der Waals surface area contributed by atoms with E-state index in [1.807, 2.05) is 0 Å². The van der Waals surface area contributed by atoms with Crippen molar-refractivity contribution in [1.82, 2.24) is 0 Å². The van der Waals surface area contributed by atoms with Gasteiger partial charge in [-0.2, -0.15) is 0 Å². The Morgan fingerprint density at radius 1 is 0.455 bits per heavy atom. The van der Waals surface area contributed by atoms with Crippen molar-refractivity contribution in [3.63, 3.8) is 0 Å². The molecule has 0 fully saturated rings. The van der Waals surface area contributed by atoms with Gasteiger partial charge >= 0.3 is 0 Å². The maximum atomic E-state index is 6.11. The van der Waals surface area contributed by atoms with E-state index in [1.54, 1.807) is 0 Å². The monoisotopic (exact) mass is 311 g/mol. The Labute approximate surface area is 141 Å². The van der Waals surface area contributed by atoms with E-state index >= 15 is 0 Å². The Kier molecular flexibility index (Phi) is 19.0. The molecule has 0 rings (SSSR count). The lowest BCUT2D eigenvalue weighted by atomic mass is 10.0. The molecule has 0 aliphatic carbocycles. The highest BCUT2D eigenvalue weighted by Gasteiger charge is 2.01. The molecule has 0 heterocycles. The molecule has 2 N–H and O–H groups in total. The first-order chi connectivity index (χ1) is 10.8. The Morgan fingerprint density at radius 3 is 1.18 bits per heavy atom. The van der Waals surface area contributed by atoms with Crippen molar-refractivity contribution >= 4 is 0 Å². The van der Waals surface area contributed by atoms with E-state index in [0.29, 0.717) is 6.04 Å². The van der Waals surface area contributed by atoms with Gasteiger partial charge in [-0.25, -0.2) is 0 Å². The molecule has 0 saturated heterocycles. The zero-order valence-corrected chi connectivity index (χ0v) is 15.9. The van der Waals surface area contributed by atoms with Crippen LogP contribution < -0.4 is 5.73 Å². The van der Waals surface area contributed by atoms with Crippen LogP contribution in [0.2, 0.25) is 0 Å². The number of nitrogens with two attached hydrogens (primary N) is 1. The summed E-state index contributed by atoms with van der Waals surface area (Å²) in [6.07, 6.45) is 25.2. The van der Waals surface area contributed by atoms with Crippen LogP contribution in [-0.2, 0) is 0 Å². The smallest absolute Gasteiger partial charge is 0.00388 e. The summed E-state index contributed by atoms with van der Waals surface area (Å²) < 4.78 is 0. The van der Waals surface area contributed by atoms with Gasteiger partial charge in [0.2, 0.25) is 0 Å². The van der Waals surface area contributed by atoms with Gasteiger partial charge in [0, 0.05) is 6.04 Å². The molecule has 0 amide bonds. The molecule has 0 radical (unpaired) electrons. The predicted octanol–water partition coefficient (Wildman–Crippen LogP) is 7.38. The van der Waals surface area contributed by atoms with Crippen LogP contribution in [0.25, 0.3) is 0 Å². The zero-order chi connectivity index (χ0) is 16.3. The van der Waals surface area contributed by atoms with E-state index in [2.05, 4.69) is 13.8 Å². The van der Waals surface area contributed by atoms with E-state index in [-0.39, 0.29) is 0 Å². The molecule has 0 unspecified atom stereocenters. The average Bonchev–Trinajstić information content (AvgIpc) is 2.53. The third-order valence-electron chi connectivity index (χ3n) is 4.86. The van der Waals surface area contributed by atoms with Gasteiger partial charge in [-0.05, 0) is 12.8 Å². The van der Waals surface area contributed by atoms with Crippen molar-refractivity contribution in [2.24, 2.45) is 5.73 Å². The summed E-state index contributed by atoms with van der Waals surface area (Å²) >= 11 is 0. The third-order valence-corrected chi connectivity index (χ3v) is 4.86. The molecule has 0 aliphatic heterocycles. The van der Waals surface area contributed by atoms with Crippen molar-refractivity contribution < 1.29 is 0 Å². The minimum absolute atomic E-state index is 0.470. The predicted molar refractivity (Wildman–Crippen MR) is 102 cm³/mol. The van der Waals surface area contributed by atoms with Crippen molar-refractivity contribution in [2.45, 2.75) is 135 Å². The van der Waals surface area contributed by atoms with E-state index < -0.39 is 0 Å². The minimum Gasteiger partial charge on any atom is -0.328 e. The number of hydrogen-bond donors (Lipinski definition) is 1. The third kappa shape index (κ3) is 18.0. The first-order valence-corrected chi connectivity index (χ1v) is 10.6. The van der Waals surface area contributed by atoms with Gasteiger partial charge in [-0.15, -0.1) is 0 Å². The van der Waals surface area contributed by atoms with Gasteiger partial charge in [0.15, 0.2) is 0 Å². The summed E-state index contributed by atoms with van der Waals surface area (Å²) in [5.41, 5.74) is 6.11. The summed E-state index contributed by atoms with van der Waals surface area (Å²) in [5.74, 6) is 0. The molecule has 0 spiro atoms. The van der Waals surface area contributed by atoms with Crippen LogP contribution in [0.5, 0.6) is 0 Å². The van der Waals surface area contributed by atoms with Gasteiger partial charge in [-0.3, -0.25) is 0 Å². The van der Waals surface area contributed by atoms with Crippen LogP contribution in [0.4, 0.5) is 0 Å². The lowest BCUT2D eigenvalue weighted by Gasteiger charge is -2.10. The Morgan fingerprint density at radius 2 is 0.773 bits per heavy atom. The molecule has 1 atom stereocenters. The number of rotatable bonds is 18. The molecular formula is C21H45N. The summed E-state index contributed by atoms with van der Waals surface area (Å²) in [5, 5.41) is 0. The zero-order valence-electron chi connectivity index (χ0n) is 15.9. The van der Waals surface area contributed by atoms with Crippen molar-refractivity contribution in [1.29, 1.82) is 0 Å². The summed E-state index contributed by atoms with van der Waals surface area (Å²) in [4.78, 5) is 0. The molecule has 22 heavy (non-hydrogen) atoms. The maximum absolute atomic E-state index is 6.11. The second kappa shape index (κ2) is 19.0. The first-order valence-electron chi connectivity index (χ1n) is 10.6. The lowest BCUT2D eigenvalue weighted by molar-refractivity contribution is 0.492. The molecule has 0 bridgehead atoms. The van der Waals surface area contributed by atoms with Gasteiger partial charge in [0.05, 0.1) is 0 Å². The highest BCUT2D eigenvalue weighted by Crippen LogP contribution is 2.14. The number of unbranched alkanes of at least 4 members (excludes halogenated alkanes) is 14. The fourth-order valence-electron chi connectivity index (χ4n) is 3.21. The fourth-order valence-corrected chi connectivity index (χ4v) is 3.21.